The lowest BCUT2D eigenvalue weighted by atomic mass is 10.0. The number of nitrogens with zero attached hydrogens (tertiary/aromatic N) is 4. The standard InChI is InChI=1S/C29H23BrN4O4/c1-17-18(2)25(27(30)31-19(17)3)28-32-29(38-33-28)22-14-23(34(35)36)16-24(15-22)37-26(20-10-6-4-7-11-20)21-12-8-5-9-13-21/h4-16,26H,1-3H3. The largest absolute Gasteiger partial charge is 0.481 e. The van der Waals surface area contributed by atoms with Gasteiger partial charge in [0, 0.05) is 11.8 Å². The summed E-state index contributed by atoms with van der Waals surface area (Å²) in [6, 6.07) is 23.8. The Hall–Kier alpha value is -4.37. The van der Waals surface area contributed by atoms with Crippen LogP contribution >= 0.6 is 15.9 Å². The van der Waals surface area contributed by atoms with Gasteiger partial charge in [-0.3, -0.25) is 10.1 Å². The second kappa shape index (κ2) is 10.5. The van der Waals surface area contributed by atoms with Crippen LogP contribution in [0.1, 0.15) is 34.1 Å². The fraction of sp³-hybridized carbons (Fsp3) is 0.138. The average molecular weight is 571 g/mol. The molecule has 5 aromatic rings. The van der Waals surface area contributed by atoms with Crippen molar-refractivity contribution >= 4 is 21.6 Å². The lowest BCUT2D eigenvalue weighted by Gasteiger charge is -2.20. The monoisotopic (exact) mass is 570 g/mol. The minimum absolute atomic E-state index is 0.133. The van der Waals surface area contributed by atoms with Gasteiger partial charge in [0.25, 0.3) is 11.6 Å². The molecule has 0 aliphatic carbocycles. The van der Waals surface area contributed by atoms with E-state index in [1.54, 1.807) is 6.07 Å². The van der Waals surface area contributed by atoms with E-state index in [4.69, 9.17) is 9.26 Å². The maximum atomic E-state index is 11.8. The van der Waals surface area contributed by atoms with Crippen LogP contribution in [-0.2, 0) is 0 Å². The third-order valence-electron chi connectivity index (χ3n) is 6.41. The van der Waals surface area contributed by atoms with Crippen molar-refractivity contribution in [2.24, 2.45) is 0 Å². The van der Waals surface area contributed by atoms with Gasteiger partial charge in [-0.05, 0) is 65.0 Å². The van der Waals surface area contributed by atoms with Crippen LogP contribution in [0.5, 0.6) is 5.75 Å². The Morgan fingerprint density at radius 3 is 2.13 bits per heavy atom. The van der Waals surface area contributed by atoms with Gasteiger partial charge in [-0.25, -0.2) is 4.98 Å². The quantitative estimate of drug-likeness (QED) is 0.113. The smallest absolute Gasteiger partial charge is 0.273 e. The molecule has 2 aromatic heterocycles. The molecule has 2 heterocycles. The van der Waals surface area contributed by atoms with Crippen LogP contribution in [0.3, 0.4) is 0 Å². The fourth-order valence-electron chi connectivity index (χ4n) is 4.20. The molecule has 0 aliphatic heterocycles. The number of rotatable bonds is 7. The summed E-state index contributed by atoms with van der Waals surface area (Å²) in [5.74, 6) is 0.770. The SMILES string of the molecule is Cc1nc(Br)c(-c2noc(-c3cc(OC(c4ccccc4)c4ccccc4)cc([N+](=O)[O-])c3)n2)c(C)c1C. The van der Waals surface area contributed by atoms with Gasteiger partial charge in [-0.1, -0.05) is 65.8 Å². The van der Waals surface area contributed by atoms with Crippen molar-refractivity contribution in [3.63, 3.8) is 0 Å². The number of benzene rings is 3. The molecule has 38 heavy (non-hydrogen) atoms. The van der Waals surface area contributed by atoms with Gasteiger partial charge >= 0.3 is 0 Å². The molecule has 0 unspecified atom stereocenters. The summed E-state index contributed by atoms with van der Waals surface area (Å²) < 4.78 is 12.5. The average Bonchev–Trinajstić information content (AvgIpc) is 3.41. The molecule has 3 aromatic carbocycles. The number of non-ortho nitro benzene ring substituents is 1. The number of hydrogen-bond donors (Lipinski definition) is 0. The van der Waals surface area contributed by atoms with Crippen molar-refractivity contribution < 1.29 is 14.2 Å². The van der Waals surface area contributed by atoms with E-state index in [1.807, 2.05) is 81.4 Å². The highest BCUT2D eigenvalue weighted by molar-refractivity contribution is 9.10. The Kier molecular flexibility index (Phi) is 7.02. The highest BCUT2D eigenvalue weighted by Gasteiger charge is 2.23. The van der Waals surface area contributed by atoms with Crippen molar-refractivity contribution in [1.82, 2.24) is 15.1 Å². The molecule has 0 amide bonds. The van der Waals surface area contributed by atoms with Crippen LogP contribution in [0.2, 0.25) is 0 Å². The second-order valence-electron chi connectivity index (χ2n) is 8.83. The molecule has 0 aliphatic rings. The summed E-state index contributed by atoms with van der Waals surface area (Å²) in [7, 11) is 0. The molecular weight excluding hydrogens is 548 g/mol. The van der Waals surface area contributed by atoms with Crippen LogP contribution < -0.4 is 4.74 Å². The Labute approximate surface area is 227 Å². The van der Waals surface area contributed by atoms with Crippen LogP contribution in [0.25, 0.3) is 22.8 Å². The highest BCUT2D eigenvalue weighted by Crippen LogP contribution is 2.36. The van der Waals surface area contributed by atoms with E-state index in [0.717, 1.165) is 27.9 Å². The molecule has 0 atom stereocenters. The van der Waals surface area contributed by atoms with Gasteiger partial charge in [0.2, 0.25) is 5.82 Å². The lowest BCUT2D eigenvalue weighted by molar-refractivity contribution is -0.384. The van der Waals surface area contributed by atoms with Crippen molar-refractivity contribution in [2.75, 3.05) is 0 Å². The molecule has 0 fully saturated rings. The van der Waals surface area contributed by atoms with Gasteiger partial charge in [-0.2, -0.15) is 4.98 Å². The van der Waals surface area contributed by atoms with Gasteiger partial charge in [-0.15, -0.1) is 0 Å². The third kappa shape index (κ3) is 5.05. The van der Waals surface area contributed by atoms with E-state index >= 15 is 0 Å². The van der Waals surface area contributed by atoms with E-state index in [0.29, 0.717) is 27.3 Å². The zero-order chi connectivity index (χ0) is 26.8. The molecule has 0 spiro atoms. The van der Waals surface area contributed by atoms with Crippen LogP contribution in [0.15, 0.2) is 88.0 Å². The number of nitro groups is 1. The maximum Gasteiger partial charge on any atom is 0.273 e. The minimum Gasteiger partial charge on any atom is -0.481 e. The second-order valence-corrected chi connectivity index (χ2v) is 9.58. The summed E-state index contributed by atoms with van der Waals surface area (Å²) in [4.78, 5) is 20.4. The van der Waals surface area contributed by atoms with E-state index in [2.05, 4.69) is 31.1 Å². The van der Waals surface area contributed by atoms with Crippen molar-refractivity contribution in [3.05, 3.63) is 122 Å². The molecule has 5 rings (SSSR count). The summed E-state index contributed by atoms with van der Waals surface area (Å²) in [5.41, 5.74) is 5.64. The topological polar surface area (TPSA) is 104 Å². The molecule has 9 heteroatoms. The lowest BCUT2D eigenvalue weighted by Crippen LogP contribution is -2.09. The van der Waals surface area contributed by atoms with Crippen molar-refractivity contribution in [2.45, 2.75) is 26.9 Å². The molecule has 8 nitrogen and oxygen atoms in total. The van der Waals surface area contributed by atoms with Gasteiger partial charge in [0.1, 0.15) is 16.5 Å². The number of nitro benzene ring substituents is 1. The maximum absolute atomic E-state index is 11.8. The summed E-state index contributed by atoms with van der Waals surface area (Å²) in [6.07, 6.45) is -0.481. The van der Waals surface area contributed by atoms with E-state index in [-0.39, 0.29) is 11.6 Å². The first-order chi connectivity index (χ1) is 18.3. The summed E-state index contributed by atoms with van der Waals surface area (Å²) in [5, 5.41) is 16.0. The number of halogens is 1. The number of pyridine rings is 1. The number of aromatic nitrogens is 3. The normalized spacial score (nSPS) is 11.1. The van der Waals surface area contributed by atoms with E-state index in [9.17, 15) is 10.1 Å². The predicted molar refractivity (Wildman–Crippen MR) is 147 cm³/mol. The van der Waals surface area contributed by atoms with Gasteiger partial charge < -0.3 is 9.26 Å². The van der Waals surface area contributed by atoms with Crippen LogP contribution in [0.4, 0.5) is 5.69 Å². The molecule has 0 saturated carbocycles. The zero-order valence-electron chi connectivity index (χ0n) is 20.9. The molecule has 0 N–H and O–H groups in total. The molecule has 0 radical (unpaired) electrons. The number of hydrogen-bond acceptors (Lipinski definition) is 7. The van der Waals surface area contributed by atoms with Crippen molar-refractivity contribution in [3.8, 4) is 28.6 Å². The molecule has 0 saturated heterocycles. The van der Waals surface area contributed by atoms with Crippen molar-refractivity contribution in [1.29, 1.82) is 0 Å². The number of ether oxygens (including phenoxy) is 1. The van der Waals surface area contributed by atoms with Gasteiger partial charge in [0.05, 0.1) is 22.1 Å². The first-order valence-corrected chi connectivity index (χ1v) is 12.6. The number of aryl methyl sites for hydroxylation is 1. The Morgan fingerprint density at radius 1 is 0.895 bits per heavy atom. The highest BCUT2D eigenvalue weighted by atomic mass is 79.9. The van der Waals surface area contributed by atoms with Crippen LogP contribution in [-0.4, -0.2) is 20.0 Å². The Morgan fingerprint density at radius 2 is 1.53 bits per heavy atom. The van der Waals surface area contributed by atoms with E-state index < -0.39 is 11.0 Å². The molecular formula is C29H23BrN4O4. The van der Waals surface area contributed by atoms with Crippen LogP contribution in [0, 0.1) is 30.9 Å². The summed E-state index contributed by atoms with van der Waals surface area (Å²) >= 11 is 3.51. The van der Waals surface area contributed by atoms with E-state index in [1.165, 1.54) is 12.1 Å². The zero-order valence-corrected chi connectivity index (χ0v) is 22.5. The molecule has 190 valence electrons. The van der Waals surface area contributed by atoms with Gasteiger partial charge in [0.15, 0.2) is 0 Å². The first kappa shape index (κ1) is 25.3. The molecule has 0 bridgehead atoms. The third-order valence-corrected chi connectivity index (χ3v) is 6.98. The fourth-order valence-corrected chi connectivity index (χ4v) is 4.94. The predicted octanol–water partition coefficient (Wildman–Crippen LogP) is 7.56. The first-order valence-electron chi connectivity index (χ1n) is 11.9. The Bertz CT molecular complexity index is 1580. The Balaban J connectivity index is 1.56. The minimum atomic E-state index is -0.481. The summed E-state index contributed by atoms with van der Waals surface area (Å²) in [6.45, 7) is 5.88.